The Hall–Kier alpha value is -0.0400. The van der Waals surface area contributed by atoms with Gasteiger partial charge in [-0.25, -0.2) is 0 Å². The highest BCUT2D eigenvalue weighted by Crippen LogP contribution is 2.28. The van der Waals surface area contributed by atoms with Crippen LogP contribution in [-0.4, -0.2) is 12.1 Å². The molecule has 1 nitrogen and oxygen atoms in total. The van der Waals surface area contributed by atoms with Crippen molar-refractivity contribution in [1.29, 1.82) is 0 Å². The fourth-order valence-electron chi connectivity index (χ4n) is 2.63. The molecule has 1 fully saturated rings. The number of nitrogens with one attached hydrogen (secondary N) is 1. The van der Waals surface area contributed by atoms with Gasteiger partial charge in [0.25, 0.3) is 0 Å². The van der Waals surface area contributed by atoms with Crippen LogP contribution in [0.3, 0.4) is 0 Å². The normalized spacial score (nSPS) is 30.7. The molecule has 0 aliphatic heterocycles. The highest BCUT2D eigenvalue weighted by molar-refractivity contribution is 4.83. The molecule has 0 aromatic heterocycles. The Morgan fingerprint density at radius 1 is 1.31 bits per heavy atom. The molecule has 1 rings (SSSR count). The van der Waals surface area contributed by atoms with Gasteiger partial charge in [0.15, 0.2) is 0 Å². The molecule has 1 saturated carbocycles. The maximum atomic E-state index is 3.78. The van der Waals surface area contributed by atoms with Crippen LogP contribution in [0.15, 0.2) is 0 Å². The van der Waals surface area contributed by atoms with E-state index >= 15 is 0 Å². The maximum Gasteiger partial charge on any atom is 0.00977 e. The summed E-state index contributed by atoms with van der Waals surface area (Å²) in [5, 5.41) is 3.78. The fourth-order valence-corrected chi connectivity index (χ4v) is 2.63. The first-order valence-electron chi connectivity index (χ1n) is 6.04. The largest absolute Gasteiger partial charge is 0.311 e. The molecule has 1 N–H and O–H groups in total. The van der Waals surface area contributed by atoms with Gasteiger partial charge in [-0.15, -0.1) is 0 Å². The van der Waals surface area contributed by atoms with Crippen molar-refractivity contribution in [2.75, 3.05) is 0 Å². The molecule has 1 aliphatic carbocycles. The van der Waals surface area contributed by atoms with Gasteiger partial charge in [-0.3, -0.25) is 0 Å². The summed E-state index contributed by atoms with van der Waals surface area (Å²) >= 11 is 0. The van der Waals surface area contributed by atoms with Crippen LogP contribution in [0.1, 0.15) is 59.3 Å². The molecule has 0 spiro atoms. The summed E-state index contributed by atoms with van der Waals surface area (Å²) in [7, 11) is 0. The molecule has 1 aliphatic rings. The molecule has 1 heteroatoms. The van der Waals surface area contributed by atoms with Crippen LogP contribution in [-0.2, 0) is 0 Å². The van der Waals surface area contributed by atoms with E-state index in [0.29, 0.717) is 0 Å². The van der Waals surface area contributed by atoms with Crippen LogP contribution in [0.5, 0.6) is 0 Å². The second-order valence-electron chi connectivity index (χ2n) is 4.56. The Balaban J connectivity index is 2.26. The predicted octanol–water partition coefficient (Wildman–Crippen LogP) is 3.34. The van der Waals surface area contributed by atoms with E-state index in [1.165, 1.54) is 38.5 Å². The van der Waals surface area contributed by atoms with E-state index in [1.54, 1.807) is 0 Å². The SMILES string of the molecule is CCCC(C)NC1CCCC1CC. The summed E-state index contributed by atoms with van der Waals surface area (Å²) in [5.41, 5.74) is 0. The topological polar surface area (TPSA) is 12.0 Å². The zero-order valence-electron chi connectivity index (χ0n) is 9.47. The summed E-state index contributed by atoms with van der Waals surface area (Å²) in [4.78, 5) is 0. The van der Waals surface area contributed by atoms with Gasteiger partial charge in [0, 0.05) is 12.1 Å². The van der Waals surface area contributed by atoms with Crippen molar-refractivity contribution in [3.63, 3.8) is 0 Å². The van der Waals surface area contributed by atoms with Crippen molar-refractivity contribution in [2.24, 2.45) is 5.92 Å². The van der Waals surface area contributed by atoms with Gasteiger partial charge < -0.3 is 5.32 Å². The van der Waals surface area contributed by atoms with Gasteiger partial charge in [-0.2, -0.15) is 0 Å². The molecular formula is C12H25N. The average Bonchev–Trinajstić information content (AvgIpc) is 2.52. The molecular weight excluding hydrogens is 158 g/mol. The Labute approximate surface area is 83.3 Å². The quantitative estimate of drug-likeness (QED) is 0.689. The molecule has 0 aromatic rings. The molecule has 0 heterocycles. The molecule has 0 saturated heterocycles. The fraction of sp³-hybridized carbons (Fsp3) is 1.00. The Kier molecular flexibility index (Phi) is 4.79. The van der Waals surface area contributed by atoms with Crippen LogP contribution in [0.2, 0.25) is 0 Å². The second-order valence-corrected chi connectivity index (χ2v) is 4.56. The third kappa shape index (κ3) is 3.30. The lowest BCUT2D eigenvalue weighted by Gasteiger charge is -2.24. The third-order valence-corrected chi connectivity index (χ3v) is 3.40. The highest BCUT2D eigenvalue weighted by Gasteiger charge is 2.25. The molecule has 3 unspecified atom stereocenters. The Bertz CT molecular complexity index is 133. The second kappa shape index (κ2) is 5.64. The Morgan fingerprint density at radius 3 is 2.69 bits per heavy atom. The number of hydrogen-bond donors (Lipinski definition) is 1. The van der Waals surface area contributed by atoms with Gasteiger partial charge in [0.05, 0.1) is 0 Å². The van der Waals surface area contributed by atoms with E-state index in [0.717, 1.165) is 18.0 Å². The lowest BCUT2D eigenvalue weighted by Crippen LogP contribution is -2.38. The minimum Gasteiger partial charge on any atom is -0.311 e. The van der Waals surface area contributed by atoms with E-state index in [1.807, 2.05) is 0 Å². The van der Waals surface area contributed by atoms with Gasteiger partial charge in [-0.05, 0) is 32.1 Å². The average molecular weight is 183 g/mol. The van der Waals surface area contributed by atoms with E-state index < -0.39 is 0 Å². The summed E-state index contributed by atoms with van der Waals surface area (Å²) in [6, 6.07) is 1.55. The molecule has 0 amide bonds. The van der Waals surface area contributed by atoms with Gasteiger partial charge in [0.1, 0.15) is 0 Å². The standard InChI is InChI=1S/C12H25N/c1-4-7-10(3)13-12-9-6-8-11(12)5-2/h10-13H,4-9H2,1-3H3. The summed E-state index contributed by atoms with van der Waals surface area (Å²) in [5.74, 6) is 0.958. The number of hydrogen-bond acceptors (Lipinski definition) is 1. The monoisotopic (exact) mass is 183 g/mol. The summed E-state index contributed by atoms with van der Waals surface area (Å²) in [6.07, 6.45) is 8.29. The first kappa shape index (κ1) is 11.0. The van der Waals surface area contributed by atoms with E-state index in [-0.39, 0.29) is 0 Å². The molecule has 0 aromatic carbocycles. The van der Waals surface area contributed by atoms with Crippen LogP contribution < -0.4 is 5.32 Å². The first-order valence-corrected chi connectivity index (χ1v) is 6.04. The van der Waals surface area contributed by atoms with E-state index in [2.05, 4.69) is 26.1 Å². The minimum atomic E-state index is 0.724. The van der Waals surface area contributed by atoms with Crippen LogP contribution in [0.25, 0.3) is 0 Å². The minimum absolute atomic E-state index is 0.724. The van der Waals surface area contributed by atoms with Gasteiger partial charge in [-0.1, -0.05) is 33.1 Å². The van der Waals surface area contributed by atoms with Crippen molar-refractivity contribution in [2.45, 2.75) is 71.4 Å². The smallest absolute Gasteiger partial charge is 0.00977 e. The molecule has 0 bridgehead atoms. The van der Waals surface area contributed by atoms with Crippen LogP contribution >= 0.6 is 0 Å². The molecule has 3 atom stereocenters. The van der Waals surface area contributed by atoms with Gasteiger partial charge in [0.2, 0.25) is 0 Å². The summed E-state index contributed by atoms with van der Waals surface area (Å²) in [6.45, 7) is 6.92. The van der Waals surface area contributed by atoms with Crippen molar-refractivity contribution in [3.8, 4) is 0 Å². The molecule has 0 radical (unpaired) electrons. The van der Waals surface area contributed by atoms with Crippen molar-refractivity contribution >= 4 is 0 Å². The van der Waals surface area contributed by atoms with E-state index in [4.69, 9.17) is 0 Å². The first-order chi connectivity index (χ1) is 6.27. The Morgan fingerprint density at radius 2 is 2.08 bits per heavy atom. The lowest BCUT2D eigenvalue weighted by atomic mass is 9.99. The lowest BCUT2D eigenvalue weighted by molar-refractivity contribution is 0.347. The zero-order chi connectivity index (χ0) is 9.68. The van der Waals surface area contributed by atoms with Gasteiger partial charge >= 0.3 is 0 Å². The maximum absolute atomic E-state index is 3.78. The van der Waals surface area contributed by atoms with E-state index in [9.17, 15) is 0 Å². The number of rotatable bonds is 5. The van der Waals surface area contributed by atoms with Crippen LogP contribution in [0.4, 0.5) is 0 Å². The predicted molar refractivity (Wildman–Crippen MR) is 58.9 cm³/mol. The zero-order valence-corrected chi connectivity index (χ0v) is 9.47. The van der Waals surface area contributed by atoms with Crippen molar-refractivity contribution in [1.82, 2.24) is 5.32 Å². The molecule has 78 valence electrons. The third-order valence-electron chi connectivity index (χ3n) is 3.40. The summed E-state index contributed by atoms with van der Waals surface area (Å²) < 4.78 is 0. The van der Waals surface area contributed by atoms with Crippen molar-refractivity contribution < 1.29 is 0 Å². The van der Waals surface area contributed by atoms with Crippen LogP contribution in [0, 0.1) is 5.92 Å². The highest BCUT2D eigenvalue weighted by atomic mass is 15.0. The molecule has 13 heavy (non-hydrogen) atoms. The van der Waals surface area contributed by atoms with Crippen molar-refractivity contribution in [3.05, 3.63) is 0 Å².